The summed E-state index contributed by atoms with van der Waals surface area (Å²) in [7, 11) is 1.51. The van der Waals surface area contributed by atoms with Gasteiger partial charge in [0.1, 0.15) is 5.75 Å². The molecule has 8 nitrogen and oxygen atoms in total. The fraction of sp³-hybridized carbons (Fsp3) is 0.400. The fourth-order valence-corrected chi connectivity index (χ4v) is 8.15. The Morgan fingerprint density at radius 2 is 1.59 bits per heavy atom. The summed E-state index contributed by atoms with van der Waals surface area (Å²) in [4.78, 5) is 25.4. The molecule has 0 radical (unpaired) electrons. The molecule has 0 atom stereocenters. The van der Waals surface area contributed by atoms with Crippen molar-refractivity contribution in [3.05, 3.63) is 81.8 Å². The van der Waals surface area contributed by atoms with Crippen LogP contribution in [0.5, 0.6) is 17.2 Å². The van der Waals surface area contributed by atoms with Gasteiger partial charge in [0.2, 0.25) is 0 Å². The minimum absolute atomic E-state index is 0.158. The van der Waals surface area contributed by atoms with E-state index in [0.717, 1.165) is 27.9 Å². The maximum atomic E-state index is 12.8. The number of ether oxygens (including phenoxy) is 3. The van der Waals surface area contributed by atoms with Crippen LogP contribution in [0.15, 0.2) is 70.2 Å². The number of hydrazone groups is 1. The molecule has 230 valence electrons. The largest absolute Gasteiger partial charge is 0.496 e. The number of nitrogens with one attached hydrogen (secondary N) is 2. The first-order valence-electron chi connectivity index (χ1n) is 15.3. The van der Waals surface area contributed by atoms with Gasteiger partial charge in [-0.15, -0.1) is 0 Å². The fourth-order valence-electron chi connectivity index (χ4n) is 7.79. The Morgan fingerprint density at radius 3 is 2.25 bits per heavy atom. The van der Waals surface area contributed by atoms with Gasteiger partial charge in [0.05, 0.1) is 25.5 Å². The van der Waals surface area contributed by atoms with E-state index in [-0.39, 0.29) is 12.5 Å². The molecule has 4 fully saturated rings. The van der Waals surface area contributed by atoms with Crippen LogP contribution in [0.2, 0.25) is 0 Å². The summed E-state index contributed by atoms with van der Waals surface area (Å²) < 4.78 is 17.6. The van der Waals surface area contributed by atoms with E-state index in [0.29, 0.717) is 40.4 Å². The molecule has 3 aromatic rings. The highest BCUT2D eigenvalue weighted by molar-refractivity contribution is 9.10. The molecule has 0 unspecified atom stereocenters. The van der Waals surface area contributed by atoms with E-state index in [2.05, 4.69) is 43.9 Å². The monoisotopic (exact) mass is 659 g/mol. The first-order chi connectivity index (χ1) is 21.3. The van der Waals surface area contributed by atoms with Gasteiger partial charge in [0.25, 0.3) is 11.8 Å². The minimum Gasteiger partial charge on any atom is -0.496 e. The van der Waals surface area contributed by atoms with Crippen molar-refractivity contribution in [1.29, 1.82) is 0 Å². The van der Waals surface area contributed by atoms with Gasteiger partial charge < -0.3 is 19.5 Å². The van der Waals surface area contributed by atoms with Crippen LogP contribution in [0.4, 0.5) is 5.69 Å². The highest BCUT2D eigenvalue weighted by Crippen LogP contribution is 2.60. The number of amides is 2. The van der Waals surface area contributed by atoms with Gasteiger partial charge in [-0.1, -0.05) is 28.1 Å². The van der Waals surface area contributed by atoms with Crippen molar-refractivity contribution in [2.75, 3.05) is 25.6 Å². The van der Waals surface area contributed by atoms with Gasteiger partial charge in [0.15, 0.2) is 18.1 Å². The van der Waals surface area contributed by atoms with Crippen LogP contribution in [0.1, 0.15) is 66.9 Å². The van der Waals surface area contributed by atoms with Crippen LogP contribution >= 0.6 is 15.9 Å². The first-order valence-corrected chi connectivity index (χ1v) is 16.1. The molecule has 0 heterocycles. The van der Waals surface area contributed by atoms with Gasteiger partial charge in [0, 0.05) is 10.2 Å². The number of anilines is 1. The van der Waals surface area contributed by atoms with E-state index in [4.69, 9.17) is 14.2 Å². The quantitative estimate of drug-likeness (QED) is 0.169. The van der Waals surface area contributed by atoms with E-state index in [1.165, 1.54) is 57.4 Å². The molecule has 2 N–H and O–H groups in total. The number of hydrogen-bond acceptors (Lipinski definition) is 6. The van der Waals surface area contributed by atoms with Gasteiger partial charge in [-0.2, -0.15) is 5.10 Å². The van der Waals surface area contributed by atoms with Gasteiger partial charge >= 0.3 is 0 Å². The number of methoxy groups -OCH3 is 1. The zero-order valence-corrected chi connectivity index (χ0v) is 26.7. The molecule has 3 aromatic carbocycles. The van der Waals surface area contributed by atoms with Gasteiger partial charge in [-0.3, -0.25) is 9.59 Å². The zero-order valence-electron chi connectivity index (χ0n) is 25.1. The minimum atomic E-state index is -0.405. The highest BCUT2D eigenvalue weighted by atomic mass is 79.9. The van der Waals surface area contributed by atoms with E-state index in [9.17, 15) is 9.59 Å². The molecule has 4 aliphatic carbocycles. The van der Waals surface area contributed by atoms with Crippen molar-refractivity contribution < 1.29 is 23.8 Å². The van der Waals surface area contributed by atoms with Gasteiger partial charge in [-0.05, 0) is 128 Å². The Morgan fingerprint density at radius 1 is 0.909 bits per heavy atom. The number of carbonyl (C=O) groups excluding carboxylic acids is 2. The SMILES string of the molecule is CCOc1cc(/C=N\NC(=O)c2cc(Br)ccc2OC)ccc1OCC(=O)Nc1ccc(C23CC4CC(CC(C4)C2)C3)cc1. The van der Waals surface area contributed by atoms with Crippen molar-refractivity contribution in [3.63, 3.8) is 0 Å². The Bertz CT molecular complexity index is 1520. The van der Waals surface area contributed by atoms with Gasteiger partial charge in [-0.25, -0.2) is 5.43 Å². The lowest BCUT2D eigenvalue weighted by Crippen LogP contribution is -2.48. The van der Waals surface area contributed by atoms with E-state index in [1.54, 1.807) is 36.4 Å². The Hall–Kier alpha value is -3.85. The van der Waals surface area contributed by atoms with Crippen LogP contribution in [0, 0.1) is 17.8 Å². The summed E-state index contributed by atoms with van der Waals surface area (Å²) in [5.74, 6) is 3.41. The number of nitrogens with zero attached hydrogens (tertiary/aromatic N) is 1. The number of benzene rings is 3. The topological polar surface area (TPSA) is 98.2 Å². The Balaban J connectivity index is 1.04. The predicted octanol–water partition coefficient (Wildman–Crippen LogP) is 7.11. The summed E-state index contributed by atoms with van der Waals surface area (Å²) >= 11 is 3.37. The molecule has 0 aromatic heterocycles. The molecule has 2 amide bonds. The Kier molecular flexibility index (Phi) is 8.93. The van der Waals surface area contributed by atoms with Crippen molar-refractivity contribution in [1.82, 2.24) is 5.43 Å². The number of rotatable bonds is 11. The summed E-state index contributed by atoms with van der Waals surface area (Å²) in [6, 6.07) is 18.9. The third kappa shape index (κ3) is 6.62. The summed E-state index contributed by atoms with van der Waals surface area (Å²) in [6.45, 7) is 2.13. The van der Waals surface area contributed by atoms with Crippen LogP contribution < -0.4 is 25.0 Å². The third-order valence-electron chi connectivity index (χ3n) is 9.23. The molecule has 7 rings (SSSR count). The second-order valence-corrected chi connectivity index (χ2v) is 13.2. The van der Waals surface area contributed by atoms with E-state index in [1.807, 2.05) is 19.1 Å². The van der Waals surface area contributed by atoms with Crippen molar-refractivity contribution in [2.24, 2.45) is 22.9 Å². The predicted molar refractivity (Wildman–Crippen MR) is 174 cm³/mol. The molecule has 0 saturated heterocycles. The highest BCUT2D eigenvalue weighted by Gasteiger charge is 2.51. The molecule has 0 spiro atoms. The maximum absolute atomic E-state index is 12.8. The summed E-state index contributed by atoms with van der Waals surface area (Å²) in [5, 5.41) is 7.04. The van der Waals surface area contributed by atoms with Crippen LogP contribution in [-0.2, 0) is 10.2 Å². The lowest BCUT2D eigenvalue weighted by Gasteiger charge is -2.57. The first kappa shape index (κ1) is 30.2. The number of carbonyl (C=O) groups is 2. The third-order valence-corrected chi connectivity index (χ3v) is 9.72. The lowest BCUT2D eigenvalue weighted by molar-refractivity contribution is -0.118. The number of hydrogen-bond donors (Lipinski definition) is 2. The zero-order chi connectivity index (χ0) is 30.7. The van der Waals surface area contributed by atoms with Crippen molar-refractivity contribution >= 4 is 39.6 Å². The van der Waals surface area contributed by atoms with Crippen LogP contribution in [-0.4, -0.2) is 38.4 Å². The second-order valence-electron chi connectivity index (χ2n) is 12.3. The summed E-state index contributed by atoms with van der Waals surface area (Å²) in [5.41, 5.74) is 6.10. The molecular formula is C35H38BrN3O5. The molecule has 4 saturated carbocycles. The average molecular weight is 661 g/mol. The van der Waals surface area contributed by atoms with Crippen molar-refractivity contribution in [2.45, 2.75) is 50.9 Å². The second kappa shape index (κ2) is 13.0. The molecule has 9 heteroatoms. The molecular weight excluding hydrogens is 622 g/mol. The Labute approximate surface area is 266 Å². The lowest BCUT2D eigenvalue weighted by atomic mass is 9.48. The smallest absolute Gasteiger partial charge is 0.275 e. The molecule has 0 aliphatic heterocycles. The van der Waals surface area contributed by atoms with Crippen LogP contribution in [0.25, 0.3) is 0 Å². The van der Waals surface area contributed by atoms with E-state index < -0.39 is 5.91 Å². The van der Waals surface area contributed by atoms with Crippen LogP contribution in [0.3, 0.4) is 0 Å². The maximum Gasteiger partial charge on any atom is 0.275 e. The van der Waals surface area contributed by atoms with E-state index >= 15 is 0 Å². The number of halogens is 1. The molecule has 44 heavy (non-hydrogen) atoms. The molecule has 4 aliphatic rings. The average Bonchev–Trinajstić information content (AvgIpc) is 3.00. The van der Waals surface area contributed by atoms with Crippen molar-refractivity contribution in [3.8, 4) is 17.2 Å². The normalized spacial score (nSPS) is 23.4. The standard InChI is InChI=1S/C35H38BrN3O5/c1-3-43-32-15-22(20-37-39-34(41)29-16-27(36)7-11-30(29)42-2)4-10-31(32)44-21-33(40)38-28-8-5-26(6-9-28)35-17-23-12-24(18-35)14-25(13-23)19-35/h4-11,15-16,20,23-25H,3,12-14,17-19,21H2,1-2H3,(H,38,40)(H,39,41)/b37-20-. The molecule has 4 bridgehead atoms. The summed E-state index contributed by atoms with van der Waals surface area (Å²) in [6.07, 6.45) is 9.75.